The largest absolute Gasteiger partial charge is 0.299 e. The fourth-order valence-corrected chi connectivity index (χ4v) is 2.33. The molecule has 19 heavy (non-hydrogen) atoms. The van der Waals surface area contributed by atoms with Crippen LogP contribution in [0.2, 0.25) is 0 Å². The quantitative estimate of drug-likeness (QED) is 0.831. The smallest absolute Gasteiger partial charge is 0.0669 e. The fourth-order valence-electron chi connectivity index (χ4n) is 2.33. The average Bonchev–Trinajstić information content (AvgIpc) is 2.42. The average molecular weight is 250 g/mol. The Bertz CT molecular complexity index is 550. The van der Waals surface area contributed by atoms with Crippen LogP contribution in [0.5, 0.6) is 0 Å². The molecule has 2 aromatic rings. The molecule has 2 rings (SSSR count). The van der Waals surface area contributed by atoms with Gasteiger partial charge in [0, 0.05) is 0 Å². The van der Waals surface area contributed by atoms with Crippen molar-refractivity contribution < 1.29 is 0 Å². The third-order valence-electron chi connectivity index (χ3n) is 3.21. The summed E-state index contributed by atoms with van der Waals surface area (Å²) < 4.78 is 0. The van der Waals surface area contributed by atoms with Gasteiger partial charge in [-0.2, -0.15) is 5.26 Å². The van der Waals surface area contributed by atoms with Crippen molar-refractivity contribution in [2.45, 2.75) is 12.5 Å². The van der Waals surface area contributed by atoms with E-state index in [-0.39, 0.29) is 6.04 Å². The molecule has 0 aliphatic carbocycles. The molecular weight excluding hydrogens is 232 g/mol. The fraction of sp³-hybridized carbons (Fsp3) is 0.235. The molecule has 0 bridgehead atoms. The number of benzene rings is 2. The third-order valence-corrected chi connectivity index (χ3v) is 3.21. The Kier molecular flexibility index (Phi) is 4.33. The predicted octanol–water partition coefficient (Wildman–Crippen LogP) is 3.40. The van der Waals surface area contributed by atoms with Crippen LogP contribution in [-0.4, -0.2) is 19.0 Å². The van der Waals surface area contributed by atoms with E-state index in [9.17, 15) is 0 Å². The van der Waals surface area contributed by atoms with Crippen LogP contribution in [0.1, 0.15) is 22.7 Å². The SMILES string of the molecule is CN(C)C(c1ccccc1)c1ccc(CC#N)cc1. The number of hydrogen-bond donors (Lipinski definition) is 0. The molecule has 0 spiro atoms. The van der Waals surface area contributed by atoms with Crippen molar-refractivity contribution in [2.75, 3.05) is 14.1 Å². The van der Waals surface area contributed by atoms with Crippen LogP contribution in [0, 0.1) is 11.3 Å². The minimum Gasteiger partial charge on any atom is -0.299 e. The van der Waals surface area contributed by atoms with Crippen molar-refractivity contribution in [1.29, 1.82) is 5.26 Å². The van der Waals surface area contributed by atoms with Gasteiger partial charge in [0.05, 0.1) is 18.5 Å². The second-order valence-corrected chi connectivity index (χ2v) is 4.85. The minimum atomic E-state index is 0.248. The Hall–Kier alpha value is -2.11. The molecule has 0 aliphatic rings. The number of nitriles is 1. The summed E-state index contributed by atoms with van der Waals surface area (Å²) in [7, 11) is 4.17. The predicted molar refractivity (Wildman–Crippen MR) is 77.7 cm³/mol. The highest BCUT2D eigenvalue weighted by Crippen LogP contribution is 2.26. The molecule has 0 saturated heterocycles. The number of hydrogen-bond acceptors (Lipinski definition) is 2. The molecule has 0 aliphatic heterocycles. The first-order valence-corrected chi connectivity index (χ1v) is 6.39. The first-order valence-electron chi connectivity index (χ1n) is 6.39. The highest BCUT2D eigenvalue weighted by atomic mass is 15.1. The van der Waals surface area contributed by atoms with Gasteiger partial charge in [0.1, 0.15) is 0 Å². The van der Waals surface area contributed by atoms with Gasteiger partial charge in [0.25, 0.3) is 0 Å². The third kappa shape index (κ3) is 3.21. The van der Waals surface area contributed by atoms with E-state index in [1.807, 2.05) is 18.2 Å². The molecule has 0 amide bonds. The molecule has 0 heterocycles. The van der Waals surface area contributed by atoms with Gasteiger partial charge >= 0.3 is 0 Å². The molecule has 1 atom stereocenters. The zero-order chi connectivity index (χ0) is 13.7. The summed E-state index contributed by atoms with van der Waals surface area (Å²) in [6.07, 6.45) is 0.470. The van der Waals surface area contributed by atoms with E-state index < -0.39 is 0 Å². The molecular formula is C17H18N2. The summed E-state index contributed by atoms with van der Waals surface area (Å²) in [4.78, 5) is 2.20. The minimum absolute atomic E-state index is 0.248. The summed E-state index contributed by atoms with van der Waals surface area (Å²) in [6, 6.07) is 21.2. The molecule has 0 aromatic heterocycles. The summed E-state index contributed by atoms with van der Waals surface area (Å²) in [6.45, 7) is 0. The molecule has 0 saturated carbocycles. The van der Waals surface area contributed by atoms with Crippen LogP contribution in [0.25, 0.3) is 0 Å². The monoisotopic (exact) mass is 250 g/mol. The highest BCUT2D eigenvalue weighted by molar-refractivity contribution is 5.34. The van der Waals surface area contributed by atoms with Crippen LogP contribution in [0.15, 0.2) is 54.6 Å². The van der Waals surface area contributed by atoms with Crippen LogP contribution in [0.4, 0.5) is 0 Å². The van der Waals surface area contributed by atoms with Crippen LogP contribution < -0.4 is 0 Å². The second-order valence-electron chi connectivity index (χ2n) is 4.85. The number of rotatable bonds is 4. The summed E-state index contributed by atoms with van der Waals surface area (Å²) in [5.41, 5.74) is 3.59. The van der Waals surface area contributed by atoms with Crippen molar-refractivity contribution in [3.8, 4) is 6.07 Å². The second kappa shape index (κ2) is 6.17. The van der Waals surface area contributed by atoms with E-state index in [0.29, 0.717) is 6.42 Å². The van der Waals surface area contributed by atoms with E-state index in [1.54, 1.807) is 0 Å². The Balaban J connectivity index is 2.33. The molecule has 2 nitrogen and oxygen atoms in total. The molecule has 0 radical (unpaired) electrons. The Labute approximate surface area is 114 Å². The van der Waals surface area contributed by atoms with E-state index in [2.05, 4.69) is 61.5 Å². The summed E-state index contributed by atoms with van der Waals surface area (Å²) >= 11 is 0. The molecule has 2 heteroatoms. The first kappa shape index (κ1) is 13.3. The lowest BCUT2D eigenvalue weighted by molar-refractivity contribution is 0.342. The van der Waals surface area contributed by atoms with Crippen molar-refractivity contribution in [3.05, 3.63) is 71.3 Å². The first-order chi connectivity index (χ1) is 9.22. The van der Waals surface area contributed by atoms with Gasteiger partial charge in [-0.25, -0.2) is 0 Å². The van der Waals surface area contributed by atoms with Gasteiger partial charge in [0.2, 0.25) is 0 Å². The summed E-state index contributed by atoms with van der Waals surface area (Å²) in [5.74, 6) is 0. The topological polar surface area (TPSA) is 27.0 Å². The zero-order valence-electron chi connectivity index (χ0n) is 11.4. The maximum Gasteiger partial charge on any atom is 0.0669 e. The van der Waals surface area contributed by atoms with E-state index >= 15 is 0 Å². The molecule has 96 valence electrons. The van der Waals surface area contributed by atoms with Crippen molar-refractivity contribution in [3.63, 3.8) is 0 Å². The van der Waals surface area contributed by atoms with Crippen LogP contribution >= 0.6 is 0 Å². The van der Waals surface area contributed by atoms with Gasteiger partial charge in [-0.05, 0) is 30.8 Å². The van der Waals surface area contributed by atoms with Gasteiger partial charge in [-0.15, -0.1) is 0 Å². The van der Waals surface area contributed by atoms with Gasteiger partial charge in [-0.3, -0.25) is 4.90 Å². The summed E-state index contributed by atoms with van der Waals surface area (Å²) in [5, 5.41) is 8.71. The van der Waals surface area contributed by atoms with Crippen molar-refractivity contribution in [2.24, 2.45) is 0 Å². The molecule has 0 fully saturated rings. The van der Waals surface area contributed by atoms with Gasteiger partial charge in [-0.1, -0.05) is 54.6 Å². The molecule has 0 N–H and O–H groups in total. The highest BCUT2D eigenvalue weighted by Gasteiger charge is 2.15. The lowest BCUT2D eigenvalue weighted by atomic mass is 9.96. The van der Waals surface area contributed by atoms with Crippen LogP contribution in [0.3, 0.4) is 0 Å². The normalized spacial score (nSPS) is 12.1. The van der Waals surface area contributed by atoms with Crippen LogP contribution in [-0.2, 0) is 6.42 Å². The van der Waals surface area contributed by atoms with E-state index in [1.165, 1.54) is 11.1 Å². The zero-order valence-corrected chi connectivity index (χ0v) is 11.4. The Morgan fingerprint density at radius 3 is 2.05 bits per heavy atom. The maximum absolute atomic E-state index is 8.71. The van der Waals surface area contributed by atoms with E-state index in [0.717, 1.165) is 5.56 Å². The van der Waals surface area contributed by atoms with E-state index in [4.69, 9.17) is 5.26 Å². The Morgan fingerprint density at radius 1 is 0.947 bits per heavy atom. The van der Waals surface area contributed by atoms with Gasteiger partial charge in [0.15, 0.2) is 0 Å². The number of nitrogens with zero attached hydrogens (tertiary/aromatic N) is 2. The maximum atomic E-state index is 8.71. The van der Waals surface area contributed by atoms with Gasteiger partial charge < -0.3 is 0 Å². The lowest BCUT2D eigenvalue weighted by Crippen LogP contribution is -2.21. The lowest BCUT2D eigenvalue weighted by Gasteiger charge is -2.25. The van der Waals surface area contributed by atoms with Crippen molar-refractivity contribution >= 4 is 0 Å². The Morgan fingerprint density at radius 2 is 1.53 bits per heavy atom. The molecule has 2 aromatic carbocycles. The molecule has 1 unspecified atom stereocenters. The van der Waals surface area contributed by atoms with Crippen molar-refractivity contribution in [1.82, 2.24) is 4.90 Å². The standard InChI is InChI=1S/C17H18N2/c1-19(2)17(15-6-4-3-5-7-15)16-10-8-14(9-11-16)12-13-18/h3-11,17H,12H2,1-2H3.